The van der Waals surface area contributed by atoms with Crippen LogP contribution in [0, 0.1) is 0 Å². The van der Waals surface area contributed by atoms with Crippen LogP contribution in [0.2, 0.25) is 0 Å². The molecule has 19 heavy (non-hydrogen) atoms. The van der Waals surface area contributed by atoms with Gasteiger partial charge in [0, 0.05) is 11.9 Å². The first-order valence-electron chi connectivity index (χ1n) is 6.04. The number of nitrogens with zero attached hydrogens (tertiary/aromatic N) is 1. The van der Waals surface area contributed by atoms with E-state index in [4.69, 9.17) is 10.5 Å². The number of nitrogens with two attached hydrogens (primary N) is 1. The van der Waals surface area contributed by atoms with Crippen LogP contribution >= 0.6 is 11.3 Å². The summed E-state index contributed by atoms with van der Waals surface area (Å²) in [5.41, 5.74) is 7.62. The smallest absolute Gasteiger partial charge is 0.230 e. The molecule has 5 heteroatoms. The van der Waals surface area contributed by atoms with Crippen LogP contribution in [0.25, 0.3) is 10.4 Å². The van der Waals surface area contributed by atoms with Crippen molar-refractivity contribution in [1.29, 1.82) is 0 Å². The van der Waals surface area contributed by atoms with Crippen molar-refractivity contribution in [3.05, 3.63) is 30.3 Å². The van der Waals surface area contributed by atoms with Gasteiger partial charge in [0.15, 0.2) is 0 Å². The summed E-state index contributed by atoms with van der Waals surface area (Å²) < 4.78 is 5.60. The van der Waals surface area contributed by atoms with Crippen LogP contribution < -0.4 is 15.4 Å². The third-order valence-corrected chi connectivity index (χ3v) is 4.14. The van der Waals surface area contributed by atoms with Crippen molar-refractivity contribution in [2.75, 3.05) is 24.3 Å². The molecule has 0 atom stereocenters. The van der Waals surface area contributed by atoms with Gasteiger partial charge in [-0.2, -0.15) is 0 Å². The Kier molecular flexibility index (Phi) is 2.91. The van der Waals surface area contributed by atoms with Gasteiger partial charge in [0.05, 0.1) is 23.7 Å². The van der Waals surface area contributed by atoms with E-state index in [0.29, 0.717) is 13.0 Å². The fraction of sp³-hybridized carbons (Fsp3) is 0.214. The van der Waals surface area contributed by atoms with Crippen LogP contribution in [0.15, 0.2) is 30.3 Å². The number of benzene rings is 1. The number of hydrogen-bond acceptors (Lipinski definition) is 4. The number of rotatable bonds is 1. The highest BCUT2D eigenvalue weighted by Crippen LogP contribution is 2.37. The molecular formula is C14H14N2O2S. The van der Waals surface area contributed by atoms with E-state index in [2.05, 4.69) is 0 Å². The lowest BCUT2D eigenvalue weighted by Gasteiger charge is -2.17. The van der Waals surface area contributed by atoms with E-state index in [1.54, 1.807) is 11.9 Å². The van der Waals surface area contributed by atoms with Crippen LogP contribution in [0.3, 0.4) is 0 Å². The monoisotopic (exact) mass is 274 g/mol. The van der Waals surface area contributed by atoms with E-state index in [1.165, 1.54) is 11.3 Å². The lowest BCUT2D eigenvalue weighted by atomic mass is 10.1. The number of fused-ring (bicyclic) bond motifs is 1. The predicted octanol–water partition coefficient (Wildman–Crippen LogP) is 2.74. The zero-order valence-electron chi connectivity index (χ0n) is 10.6. The highest BCUT2D eigenvalue weighted by Gasteiger charge is 2.20. The summed E-state index contributed by atoms with van der Waals surface area (Å²) in [4.78, 5) is 14.6. The van der Waals surface area contributed by atoms with Gasteiger partial charge in [-0.05, 0) is 35.9 Å². The van der Waals surface area contributed by atoms with Gasteiger partial charge in [-0.3, -0.25) is 4.79 Å². The van der Waals surface area contributed by atoms with Crippen molar-refractivity contribution < 1.29 is 9.53 Å². The minimum atomic E-state index is 0.0709. The molecule has 0 saturated carbocycles. The number of ether oxygens (including phenoxy) is 1. The molecule has 1 aliphatic heterocycles. The molecule has 1 aliphatic rings. The Morgan fingerprint density at radius 3 is 2.89 bits per heavy atom. The molecule has 2 aromatic rings. The quantitative estimate of drug-likeness (QED) is 0.870. The summed E-state index contributed by atoms with van der Waals surface area (Å²) >= 11 is 1.53. The number of anilines is 2. The average molecular weight is 274 g/mol. The first kappa shape index (κ1) is 12.0. The van der Waals surface area contributed by atoms with Crippen LogP contribution in [0.1, 0.15) is 6.42 Å². The summed E-state index contributed by atoms with van der Waals surface area (Å²) in [5.74, 6) is 0.822. The fourth-order valence-corrected chi connectivity index (χ4v) is 2.88. The third kappa shape index (κ3) is 2.17. The number of nitrogen functional groups attached to an aromatic ring is 1. The van der Waals surface area contributed by atoms with Gasteiger partial charge in [-0.1, -0.05) is 0 Å². The normalized spacial score (nSPS) is 14.8. The van der Waals surface area contributed by atoms with Gasteiger partial charge in [-0.15, -0.1) is 11.3 Å². The lowest BCUT2D eigenvalue weighted by molar-refractivity contribution is -0.118. The van der Waals surface area contributed by atoms with Gasteiger partial charge in [0.2, 0.25) is 5.91 Å². The van der Waals surface area contributed by atoms with Crippen molar-refractivity contribution in [1.82, 2.24) is 0 Å². The Bertz CT molecular complexity index is 636. The van der Waals surface area contributed by atoms with E-state index >= 15 is 0 Å². The molecule has 1 aromatic carbocycles. The standard InChI is InChI=1S/C14H14N2O2S/c1-16-10-8-9(12-4-5-13(15)19-12)2-3-11(10)18-7-6-14(16)17/h2-5,8H,6-7,15H2,1H3. The van der Waals surface area contributed by atoms with Crippen LogP contribution in [0.4, 0.5) is 10.7 Å². The molecule has 0 radical (unpaired) electrons. The van der Waals surface area contributed by atoms with Crippen molar-refractivity contribution in [2.45, 2.75) is 6.42 Å². The second-order valence-corrected chi connectivity index (χ2v) is 5.55. The zero-order chi connectivity index (χ0) is 13.4. The molecule has 2 N–H and O–H groups in total. The molecule has 1 amide bonds. The Morgan fingerprint density at radius 2 is 2.16 bits per heavy atom. The van der Waals surface area contributed by atoms with Crippen LogP contribution in [-0.4, -0.2) is 19.6 Å². The molecular weight excluding hydrogens is 260 g/mol. The molecule has 0 spiro atoms. The number of carbonyl (C=O) groups is 1. The molecule has 1 aromatic heterocycles. The molecule has 0 bridgehead atoms. The SMILES string of the molecule is CN1C(=O)CCOc2ccc(-c3ccc(N)s3)cc21. The zero-order valence-corrected chi connectivity index (χ0v) is 11.4. The van der Waals surface area contributed by atoms with Gasteiger partial charge in [-0.25, -0.2) is 0 Å². The Hall–Kier alpha value is -2.01. The summed E-state index contributed by atoms with van der Waals surface area (Å²) in [5, 5.41) is 0.783. The van der Waals surface area contributed by atoms with Gasteiger partial charge < -0.3 is 15.4 Å². The van der Waals surface area contributed by atoms with Crippen LogP contribution in [0.5, 0.6) is 5.75 Å². The Labute approximate surface area is 115 Å². The topological polar surface area (TPSA) is 55.6 Å². The summed E-state index contributed by atoms with van der Waals surface area (Å²) in [6, 6.07) is 9.76. The molecule has 4 nitrogen and oxygen atoms in total. The maximum atomic E-state index is 11.9. The molecule has 3 rings (SSSR count). The van der Waals surface area contributed by atoms with E-state index in [9.17, 15) is 4.79 Å². The van der Waals surface area contributed by atoms with Crippen molar-refractivity contribution in [3.8, 4) is 16.2 Å². The van der Waals surface area contributed by atoms with Crippen molar-refractivity contribution in [3.63, 3.8) is 0 Å². The maximum Gasteiger partial charge on any atom is 0.230 e. The largest absolute Gasteiger partial charge is 0.491 e. The maximum absolute atomic E-state index is 11.9. The van der Waals surface area contributed by atoms with E-state index in [1.807, 2.05) is 30.3 Å². The van der Waals surface area contributed by atoms with Gasteiger partial charge >= 0.3 is 0 Å². The second-order valence-electron chi connectivity index (χ2n) is 4.44. The Morgan fingerprint density at radius 1 is 1.32 bits per heavy atom. The first-order chi connectivity index (χ1) is 9.15. The predicted molar refractivity (Wildman–Crippen MR) is 77.7 cm³/mol. The van der Waals surface area contributed by atoms with Crippen molar-refractivity contribution in [2.24, 2.45) is 0 Å². The number of carbonyl (C=O) groups excluding carboxylic acids is 1. The minimum Gasteiger partial charge on any atom is -0.491 e. The van der Waals surface area contributed by atoms with E-state index in [-0.39, 0.29) is 5.91 Å². The number of amides is 1. The lowest BCUT2D eigenvalue weighted by Crippen LogP contribution is -2.25. The van der Waals surface area contributed by atoms with Gasteiger partial charge in [0.1, 0.15) is 5.75 Å². The summed E-state index contributed by atoms with van der Waals surface area (Å²) in [7, 11) is 1.78. The second kappa shape index (κ2) is 4.59. The fourth-order valence-electron chi connectivity index (χ4n) is 2.11. The molecule has 2 heterocycles. The highest BCUT2D eigenvalue weighted by molar-refractivity contribution is 7.19. The third-order valence-electron chi connectivity index (χ3n) is 3.18. The molecule has 0 unspecified atom stereocenters. The number of hydrogen-bond donors (Lipinski definition) is 1. The van der Waals surface area contributed by atoms with Gasteiger partial charge in [0.25, 0.3) is 0 Å². The van der Waals surface area contributed by atoms with Crippen molar-refractivity contribution >= 4 is 27.9 Å². The minimum absolute atomic E-state index is 0.0709. The van der Waals surface area contributed by atoms with Crippen LogP contribution in [-0.2, 0) is 4.79 Å². The molecule has 0 fully saturated rings. The highest BCUT2D eigenvalue weighted by atomic mass is 32.1. The van der Waals surface area contributed by atoms with E-state index < -0.39 is 0 Å². The summed E-state index contributed by atoms with van der Waals surface area (Å²) in [6.07, 6.45) is 0.409. The first-order valence-corrected chi connectivity index (χ1v) is 6.86. The molecule has 0 aliphatic carbocycles. The van der Waals surface area contributed by atoms with E-state index in [0.717, 1.165) is 26.9 Å². The molecule has 98 valence electrons. The average Bonchev–Trinajstić information content (AvgIpc) is 2.79. The molecule has 0 saturated heterocycles. The Balaban J connectivity index is 2.07. The summed E-state index contributed by atoms with van der Waals surface area (Å²) in [6.45, 7) is 0.432. The number of thiophene rings is 1.